The van der Waals surface area contributed by atoms with E-state index in [1.165, 1.54) is 33.4 Å². The summed E-state index contributed by atoms with van der Waals surface area (Å²) in [5.41, 5.74) is 24.2. The largest absolute Gasteiger partial charge is 0.496 e. The Kier molecular flexibility index (Phi) is 20.5. The first kappa shape index (κ1) is 76.4. The molecule has 1 aliphatic carbocycles. The van der Waals surface area contributed by atoms with Crippen LogP contribution in [0.25, 0.3) is 33.1 Å². The molecule has 3 aromatic heterocycles. The van der Waals surface area contributed by atoms with Crippen LogP contribution in [-0.4, -0.2) is 50.0 Å². The zero-order chi connectivity index (χ0) is 77.5. The van der Waals surface area contributed by atoms with Gasteiger partial charge < -0.3 is 42.1 Å². The third kappa shape index (κ3) is 15.6. The lowest BCUT2D eigenvalue weighted by molar-refractivity contribution is 0.286. The van der Waals surface area contributed by atoms with Crippen LogP contribution < -0.4 is 28.4 Å². The van der Waals surface area contributed by atoms with Gasteiger partial charge in [0.15, 0.2) is 0 Å². The molecule has 12 nitrogen and oxygen atoms in total. The maximum absolute atomic E-state index is 7.58. The maximum Gasteiger partial charge on any atom is 0.147 e. The number of para-hydroxylation sites is 6. The fraction of sp³-hybridized carbons (Fsp3) is 0.406. The van der Waals surface area contributed by atoms with E-state index in [9.17, 15) is 0 Å². The van der Waals surface area contributed by atoms with Gasteiger partial charge in [-0.05, 0) is 169 Å². The van der Waals surface area contributed by atoms with E-state index in [-0.39, 0.29) is 52.3 Å². The lowest BCUT2D eigenvalue weighted by Crippen LogP contribution is -2.17. The normalized spacial score (nSPS) is 13.4. The first-order valence-electron chi connectivity index (χ1n) is 38.6. The SMILES string of the molecule is COc1c2cc(C(C)(C)C)cc1Cc1cc(C(C)(C)C)cc(c1OCc1nc3ccccc3n1C)Cc1cc(C(C)(C)C)cc(c1OC)Cc1cc(C(C)(C)C)cc(c1OCc1nc3ccccc3n1C)Cc1cc(C(C)(C)C)cc(c1OC)Cc1cc(C(C)(C)C)cc(c1OCc1nc3ccccc3n1C)C2. The molecule has 0 saturated heterocycles. The maximum atomic E-state index is 7.58. The predicted molar refractivity (Wildman–Crippen MR) is 442 cm³/mol. The number of imidazole rings is 3. The topological polar surface area (TPSA) is 109 Å². The fourth-order valence-corrected chi connectivity index (χ4v) is 15.7. The van der Waals surface area contributed by atoms with Crippen LogP contribution >= 0.6 is 0 Å². The van der Waals surface area contributed by atoms with Crippen molar-refractivity contribution in [3.05, 3.63) is 263 Å². The van der Waals surface area contributed by atoms with E-state index in [2.05, 4.69) is 287 Å². The van der Waals surface area contributed by atoms with Gasteiger partial charge in [0.25, 0.3) is 0 Å². The van der Waals surface area contributed by atoms with Gasteiger partial charge in [0, 0.05) is 59.7 Å². The van der Waals surface area contributed by atoms with Gasteiger partial charge >= 0.3 is 0 Å². The van der Waals surface area contributed by atoms with E-state index < -0.39 is 0 Å². The van der Waals surface area contributed by atoms with Gasteiger partial charge in [-0.15, -0.1) is 0 Å². The Morgan fingerprint density at radius 1 is 0.259 bits per heavy atom. The van der Waals surface area contributed by atoms with E-state index in [0.29, 0.717) is 38.5 Å². The van der Waals surface area contributed by atoms with E-state index in [1.807, 2.05) is 39.5 Å². The molecule has 0 atom stereocenters. The van der Waals surface area contributed by atoms with Gasteiger partial charge in [-0.3, -0.25) is 0 Å². The number of hydrogen-bond donors (Lipinski definition) is 0. The highest BCUT2D eigenvalue weighted by molar-refractivity contribution is 5.77. The van der Waals surface area contributed by atoms with Gasteiger partial charge in [-0.2, -0.15) is 0 Å². The van der Waals surface area contributed by atoms with Crippen LogP contribution in [0.3, 0.4) is 0 Å². The summed E-state index contributed by atoms with van der Waals surface area (Å²) in [5.74, 6) is 7.40. The van der Waals surface area contributed by atoms with Crippen LogP contribution in [0, 0.1) is 0 Å². The van der Waals surface area contributed by atoms with Crippen LogP contribution in [0.15, 0.2) is 146 Å². The number of rotatable bonds is 12. The second-order valence-electron chi connectivity index (χ2n) is 36.5. The molecule has 0 aliphatic heterocycles. The third-order valence-electron chi connectivity index (χ3n) is 22.2. The first-order valence-corrected chi connectivity index (χ1v) is 38.6. The van der Waals surface area contributed by atoms with Crippen LogP contribution in [0.1, 0.15) is 242 Å². The minimum absolute atomic E-state index is 0.231. The predicted octanol–water partition coefficient (Wildman–Crippen LogP) is 21.8. The Balaban J connectivity index is 1.13. The molecule has 108 heavy (non-hydrogen) atoms. The van der Waals surface area contributed by atoms with Crippen molar-refractivity contribution in [2.75, 3.05) is 21.3 Å². The summed E-state index contributed by atoms with van der Waals surface area (Å²) >= 11 is 0. The monoisotopic (exact) mass is 1450 g/mol. The highest BCUT2D eigenvalue weighted by Crippen LogP contribution is 2.47. The van der Waals surface area contributed by atoms with Crippen LogP contribution in [0.4, 0.5) is 0 Å². The van der Waals surface area contributed by atoms with Crippen molar-refractivity contribution < 1.29 is 28.4 Å². The molecule has 3 heterocycles. The molecular formula is C96H114N6O6. The Morgan fingerprint density at radius 3 is 0.583 bits per heavy atom. The van der Waals surface area contributed by atoms with E-state index in [1.54, 1.807) is 0 Å². The highest BCUT2D eigenvalue weighted by Gasteiger charge is 2.32. The number of nitrogens with zero attached hydrogens (tertiary/aromatic N) is 6. The quantitative estimate of drug-likeness (QED) is 0.118. The molecule has 13 rings (SSSR count). The molecular weight excluding hydrogens is 1330 g/mol. The summed E-state index contributed by atoms with van der Waals surface area (Å²) in [6, 6.07) is 53.6. The third-order valence-corrected chi connectivity index (χ3v) is 22.2. The summed E-state index contributed by atoms with van der Waals surface area (Å²) in [6.07, 6.45) is 2.99. The molecule has 564 valence electrons. The summed E-state index contributed by atoms with van der Waals surface area (Å²) in [6.45, 7) is 42.3. The molecule has 0 spiro atoms. The van der Waals surface area contributed by atoms with Crippen molar-refractivity contribution in [2.45, 2.75) is 215 Å². The molecule has 0 amide bonds. The molecule has 1 aliphatic rings. The van der Waals surface area contributed by atoms with E-state index in [4.69, 9.17) is 43.4 Å². The standard InChI is InChI=1S/C96H114N6O6/c1-91(2,3)70-43-58-37-64-49-73(94(10,11)12)51-66(88(64)106-55-82-97-76-31-25-28-34-79(76)100(82)19)39-60-45-71(92(4,5)6)47-62(86(60)104-23)41-68-53-75(96(16,17)18)54-69(90(68)108-57-84-99-78-33-27-30-36-81(78)102(84)21)42-63-48-72(93(7,8)9)46-61(87(63)105-24)40-67-52-74(95(13,14)15)50-65(38-59(44-70)85(58)103-22)89(67)107-56-83-98-77-32-26-29-35-80(77)101(83)20/h25-36,43-54H,37-42,55-57H2,1-24H3. The van der Waals surface area contributed by atoms with Crippen molar-refractivity contribution in [1.82, 2.24) is 28.7 Å². The summed E-state index contributed by atoms with van der Waals surface area (Å²) in [5, 5.41) is 0. The number of hydrogen-bond acceptors (Lipinski definition) is 9. The minimum atomic E-state index is -0.270. The molecule has 0 fully saturated rings. The Labute approximate surface area is 642 Å². The van der Waals surface area contributed by atoms with Gasteiger partial charge in [0.2, 0.25) is 0 Å². The van der Waals surface area contributed by atoms with E-state index in [0.717, 1.165) is 152 Å². The number of benzene rings is 9. The fourth-order valence-electron chi connectivity index (χ4n) is 15.7. The lowest BCUT2D eigenvalue weighted by atomic mass is 9.79. The molecule has 9 aromatic carbocycles. The van der Waals surface area contributed by atoms with Gasteiger partial charge in [0.05, 0.1) is 54.4 Å². The molecule has 0 radical (unpaired) electrons. The second kappa shape index (κ2) is 29.0. The molecule has 0 saturated carbocycles. The first-order chi connectivity index (χ1) is 50.9. The second-order valence-corrected chi connectivity index (χ2v) is 36.5. The number of ether oxygens (including phenoxy) is 6. The number of aromatic nitrogens is 6. The molecule has 12 aromatic rings. The van der Waals surface area contributed by atoms with Crippen molar-refractivity contribution in [3.63, 3.8) is 0 Å². The van der Waals surface area contributed by atoms with Crippen LogP contribution in [0.5, 0.6) is 34.5 Å². The average molecular weight is 1450 g/mol. The Morgan fingerprint density at radius 2 is 0.426 bits per heavy atom. The minimum Gasteiger partial charge on any atom is -0.496 e. The van der Waals surface area contributed by atoms with Gasteiger partial charge in [-0.1, -0.05) is 234 Å². The zero-order valence-corrected chi connectivity index (χ0v) is 68.9. The average Bonchev–Trinajstić information content (AvgIpc) is 1.09. The Hall–Kier alpha value is -9.81. The molecule has 12 heteroatoms. The number of methoxy groups -OCH3 is 3. The van der Waals surface area contributed by atoms with Crippen LogP contribution in [-0.2, 0) is 112 Å². The van der Waals surface area contributed by atoms with Crippen LogP contribution in [0.2, 0.25) is 0 Å². The van der Waals surface area contributed by atoms with Gasteiger partial charge in [-0.25, -0.2) is 15.0 Å². The number of fused-ring (bicyclic) bond motifs is 15. The van der Waals surface area contributed by atoms with Crippen molar-refractivity contribution in [1.29, 1.82) is 0 Å². The highest BCUT2D eigenvalue weighted by atomic mass is 16.5. The summed E-state index contributed by atoms with van der Waals surface area (Å²) in [4.78, 5) is 15.6. The summed E-state index contributed by atoms with van der Waals surface area (Å²) < 4.78 is 50.1. The molecule has 0 unspecified atom stereocenters. The van der Waals surface area contributed by atoms with Gasteiger partial charge in [0.1, 0.15) is 71.8 Å². The smallest absolute Gasteiger partial charge is 0.147 e. The van der Waals surface area contributed by atoms with Crippen molar-refractivity contribution >= 4 is 33.1 Å². The van der Waals surface area contributed by atoms with Crippen molar-refractivity contribution in [3.8, 4) is 34.5 Å². The lowest BCUT2D eigenvalue weighted by Gasteiger charge is -2.29. The Bertz CT molecular complexity index is 4730. The number of aryl methyl sites for hydroxylation is 3. The molecule has 0 N–H and O–H groups in total. The molecule has 12 bridgehead atoms. The van der Waals surface area contributed by atoms with E-state index >= 15 is 0 Å². The van der Waals surface area contributed by atoms with Crippen molar-refractivity contribution in [2.24, 2.45) is 21.1 Å². The summed E-state index contributed by atoms with van der Waals surface area (Å²) in [7, 11) is 11.8. The zero-order valence-electron chi connectivity index (χ0n) is 68.9.